The van der Waals surface area contributed by atoms with Crippen molar-refractivity contribution >= 4 is 23.2 Å². The fraction of sp³-hybridized carbons (Fsp3) is 0.125. The van der Waals surface area contributed by atoms with Gasteiger partial charge in [0.25, 0.3) is 0 Å². The summed E-state index contributed by atoms with van der Waals surface area (Å²) < 4.78 is 1.39. The predicted molar refractivity (Wildman–Crippen MR) is 49.7 cm³/mol. The molecule has 72 valence electrons. The van der Waals surface area contributed by atoms with Gasteiger partial charge in [-0.05, 0) is 13.0 Å². The van der Waals surface area contributed by atoms with Crippen LogP contribution in [0.25, 0.3) is 5.65 Å². The third-order valence-electron chi connectivity index (χ3n) is 1.88. The number of carboxylic acids is 1. The Morgan fingerprint density at radius 3 is 3.00 bits per heavy atom. The third kappa shape index (κ3) is 1.22. The van der Waals surface area contributed by atoms with E-state index in [1.165, 1.54) is 4.52 Å². The second-order valence-electron chi connectivity index (χ2n) is 2.80. The summed E-state index contributed by atoms with van der Waals surface area (Å²) in [5.41, 5.74) is 0.981. The normalized spacial score (nSPS) is 10.7. The van der Waals surface area contributed by atoms with Gasteiger partial charge >= 0.3 is 5.97 Å². The number of hydrogen-bond donors (Lipinski definition) is 1. The van der Waals surface area contributed by atoms with Crippen LogP contribution in [0.4, 0.5) is 0 Å². The molecule has 0 aliphatic rings. The van der Waals surface area contributed by atoms with Gasteiger partial charge in [0, 0.05) is 11.8 Å². The van der Waals surface area contributed by atoms with Crippen molar-refractivity contribution in [2.45, 2.75) is 6.92 Å². The minimum absolute atomic E-state index is 0.000216. The molecule has 0 unspecified atom stereocenters. The van der Waals surface area contributed by atoms with Crippen LogP contribution in [-0.4, -0.2) is 25.7 Å². The average Bonchev–Trinajstić information content (AvgIpc) is 2.44. The van der Waals surface area contributed by atoms with Crippen LogP contribution in [0.3, 0.4) is 0 Å². The van der Waals surface area contributed by atoms with Gasteiger partial charge in [-0.1, -0.05) is 11.6 Å². The molecule has 2 rings (SSSR count). The highest BCUT2D eigenvalue weighted by molar-refractivity contribution is 6.29. The van der Waals surface area contributed by atoms with Crippen molar-refractivity contribution in [1.29, 1.82) is 0 Å². The second kappa shape index (κ2) is 2.95. The highest BCUT2D eigenvalue weighted by atomic mass is 35.5. The third-order valence-corrected chi connectivity index (χ3v) is 2.09. The van der Waals surface area contributed by atoms with E-state index < -0.39 is 5.97 Å². The van der Waals surface area contributed by atoms with Gasteiger partial charge in [0.2, 0.25) is 0 Å². The number of hydrogen-bond acceptors (Lipinski definition) is 3. The van der Waals surface area contributed by atoms with Crippen molar-refractivity contribution in [3.8, 4) is 0 Å². The lowest BCUT2D eigenvalue weighted by Crippen LogP contribution is -1.99. The van der Waals surface area contributed by atoms with Crippen molar-refractivity contribution in [3.05, 3.63) is 28.7 Å². The summed E-state index contributed by atoms with van der Waals surface area (Å²) >= 11 is 5.68. The fourth-order valence-electron chi connectivity index (χ4n) is 1.22. The first-order chi connectivity index (χ1) is 6.59. The molecule has 0 aliphatic carbocycles. The molecule has 2 aromatic heterocycles. The Morgan fingerprint density at radius 1 is 1.64 bits per heavy atom. The molecule has 2 heterocycles. The molecule has 0 spiro atoms. The summed E-state index contributed by atoms with van der Waals surface area (Å²) in [6.45, 7) is 1.65. The Bertz CT molecular complexity index is 521. The summed E-state index contributed by atoms with van der Waals surface area (Å²) in [4.78, 5) is 14.7. The van der Waals surface area contributed by atoms with Crippen molar-refractivity contribution < 1.29 is 9.90 Å². The molecule has 0 fully saturated rings. The number of carbonyl (C=O) groups is 1. The van der Waals surface area contributed by atoms with Crippen molar-refractivity contribution in [3.63, 3.8) is 0 Å². The fourth-order valence-corrected chi connectivity index (χ4v) is 1.36. The van der Waals surface area contributed by atoms with E-state index >= 15 is 0 Å². The van der Waals surface area contributed by atoms with Crippen LogP contribution in [0.15, 0.2) is 12.3 Å². The predicted octanol–water partition coefficient (Wildman–Crippen LogP) is 1.39. The van der Waals surface area contributed by atoms with Crippen LogP contribution < -0.4 is 0 Å². The van der Waals surface area contributed by atoms with Crippen LogP contribution >= 0.6 is 11.6 Å². The minimum Gasteiger partial charge on any atom is -0.476 e. The van der Waals surface area contributed by atoms with E-state index in [-0.39, 0.29) is 5.69 Å². The summed E-state index contributed by atoms with van der Waals surface area (Å²) in [6.07, 6.45) is 1.57. The lowest BCUT2D eigenvalue weighted by atomic mass is 10.3. The number of carboxylic acid groups (broad SMARTS) is 1. The molecule has 6 heteroatoms. The summed E-state index contributed by atoms with van der Waals surface area (Å²) in [7, 11) is 0. The highest BCUT2D eigenvalue weighted by Gasteiger charge is 2.15. The van der Waals surface area contributed by atoms with Gasteiger partial charge < -0.3 is 5.11 Å². The van der Waals surface area contributed by atoms with E-state index in [9.17, 15) is 4.79 Å². The molecule has 0 aliphatic heterocycles. The van der Waals surface area contributed by atoms with Gasteiger partial charge in [-0.2, -0.15) is 5.10 Å². The summed E-state index contributed by atoms with van der Waals surface area (Å²) in [6, 6.07) is 1.55. The zero-order chi connectivity index (χ0) is 10.3. The van der Waals surface area contributed by atoms with Gasteiger partial charge in [0.15, 0.2) is 11.3 Å². The number of fused-ring (bicyclic) bond motifs is 1. The molecule has 0 atom stereocenters. The summed E-state index contributed by atoms with van der Waals surface area (Å²) in [5.74, 6) is -1.07. The molecular weight excluding hydrogens is 206 g/mol. The van der Waals surface area contributed by atoms with Crippen LogP contribution in [0.5, 0.6) is 0 Å². The molecule has 1 N–H and O–H groups in total. The number of halogens is 1. The van der Waals surface area contributed by atoms with Crippen molar-refractivity contribution in [1.82, 2.24) is 14.6 Å². The first kappa shape index (κ1) is 8.96. The number of aryl methyl sites for hydroxylation is 1. The summed E-state index contributed by atoms with van der Waals surface area (Å²) in [5, 5.41) is 13.0. The standard InChI is InChI=1S/C8H6ClN3O2/c1-4-6(8(13)14)11-12-3-2-5(9)10-7(4)12/h2-3H,1H3,(H,13,14). The highest BCUT2D eigenvalue weighted by Crippen LogP contribution is 2.14. The Hall–Kier alpha value is -1.62. The van der Waals surface area contributed by atoms with Crippen LogP contribution in [0, 0.1) is 6.92 Å². The molecule has 0 amide bonds. The van der Waals surface area contributed by atoms with Gasteiger partial charge in [-0.25, -0.2) is 14.3 Å². The van der Waals surface area contributed by atoms with Crippen molar-refractivity contribution in [2.24, 2.45) is 0 Å². The molecule has 0 saturated heterocycles. The topological polar surface area (TPSA) is 67.5 Å². The van der Waals surface area contributed by atoms with E-state index in [1.54, 1.807) is 19.2 Å². The SMILES string of the molecule is Cc1c(C(=O)O)nn2ccc(Cl)nc12. The molecular formula is C8H6ClN3O2. The van der Waals surface area contributed by atoms with Gasteiger partial charge in [-0.15, -0.1) is 0 Å². The first-order valence-electron chi connectivity index (χ1n) is 3.84. The lowest BCUT2D eigenvalue weighted by molar-refractivity contribution is 0.0689. The maximum atomic E-state index is 10.7. The Balaban J connectivity index is 2.80. The van der Waals surface area contributed by atoms with E-state index in [2.05, 4.69) is 10.1 Å². The number of aromatic nitrogens is 3. The zero-order valence-electron chi connectivity index (χ0n) is 7.23. The monoisotopic (exact) mass is 211 g/mol. The van der Waals surface area contributed by atoms with Crippen LogP contribution in [0.2, 0.25) is 5.15 Å². The number of aromatic carboxylic acids is 1. The average molecular weight is 212 g/mol. The van der Waals surface area contributed by atoms with Crippen LogP contribution in [0.1, 0.15) is 16.1 Å². The molecule has 5 nitrogen and oxygen atoms in total. The van der Waals surface area contributed by atoms with E-state index in [4.69, 9.17) is 16.7 Å². The Morgan fingerprint density at radius 2 is 2.36 bits per heavy atom. The molecule has 0 saturated carbocycles. The molecule has 0 bridgehead atoms. The van der Waals surface area contributed by atoms with E-state index in [1.807, 2.05) is 0 Å². The van der Waals surface area contributed by atoms with E-state index in [0.717, 1.165) is 0 Å². The van der Waals surface area contributed by atoms with E-state index in [0.29, 0.717) is 16.4 Å². The van der Waals surface area contributed by atoms with Crippen molar-refractivity contribution in [2.75, 3.05) is 0 Å². The second-order valence-corrected chi connectivity index (χ2v) is 3.18. The maximum Gasteiger partial charge on any atom is 0.356 e. The minimum atomic E-state index is -1.07. The Labute approximate surface area is 83.9 Å². The number of nitrogens with zero attached hydrogens (tertiary/aromatic N) is 3. The van der Waals surface area contributed by atoms with Gasteiger partial charge in [0.05, 0.1) is 0 Å². The Kier molecular flexibility index (Phi) is 1.89. The smallest absolute Gasteiger partial charge is 0.356 e. The number of rotatable bonds is 1. The lowest BCUT2D eigenvalue weighted by Gasteiger charge is -1.92. The molecule has 2 aromatic rings. The van der Waals surface area contributed by atoms with Gasteiger partial charge in [-0.3, -0.25) is 0 Å². The van der Waals surface area contributed by atoms with Gasteiger partial charge in [0.1, 0.15) is 5.15 Å². The quantitative estimate of drug-likeness (QED) is 0.724. The van der Waals surface area contributed by atoms with Crippen LogP contribution in [-0.2, 0) is 0 Å². The first-order valence-corrected chi connectivity index (χ1v) is 4.22. The molecule has 14 heavy (non-hydrogen) atoms. The molecule has 0 aromatic carbocycles. The molecule has 0 radical (unpaired) electrons. The maximum absolute atomic E-state index is 10.7. The zero-order valence-corrected chi connectivity index (χ0v) is 7.99. The largest absolute Gasteiger partial charge is 0.476 e.